The number of pyridine rings is 1. The maximum Gasteiger partial charge on any atom is 0.310 e. The summed E-state index contributed by atoms with van der Waals surface area (Å²) in [5.74, 6) is -3.04. The van der Waals surface area contributed by atoms with Crippen LogP contribution in [-0.4, -0.2) is 23.5 Å². The van der Waals surface area contributed by atoms with Gasteiger partial charge in [-0.05, 0) is 29.3 Å². The lowest BCUT2D eigenvalue weighted by Crippen LogP contribution is -2.57. The summed E-state index contributed by atoms with van der Waals surface area (Å²) < 4.78 is 42.9. The summed E-state index contributed by atoms with van der Waals surface area (Å²) in [6.07, 6.45) is 2.20. The van der Waals surface area contributed by atoms with Crippen LogP contribution in [-0.2, 0) is 10.3 Å². The van der Waals surface area contributed by atoms with Crippen molar-refractivity contribution in [3.8, 4) is 22.9 Å². The molecule has 0 aliphatic carbocycles. The molecule has 0 saturated carbocycles. The highest BCUT2D eigenvalue weighted by Crippen LogP contribution is 2.55. The van der Waals surface area contributed by atoms with E-state index in [1.807, 2.05) is 36.4 Å². The fourth-order valence-electron chi connectivity index (χ4n) is 4.24. The minimum atomic E-state index is -3.33. The third-order valence-electron chi connectivity index (χ3n) is 5.83. The Balaban J connectivity index is 1.69. The molecule has 0 radical (unpaired) electrons. The smallest absolute Gasteiger partial charge is 0.310 e. The van der Waals surface area contributed by atoms with Gasteiger partial charge in [-0.25, -0.2) is 4.99 Å². The Morgan fingerprint density at radius 3 is 2.66 bits per heavy atom. The molecular weight excluding hydrogens is 414 g/mol. The van der Waals surface area contributed by atoms with E-state index < -0.39 is 24.2 Å². The minimum absolute atomic E-state index is 0.146. The van der Waals surface area contributed by atoms with Crippen LogP contribution >= 0.6 is 0 Å². The predicted octanol–water partition coefficient (Wildman–Crippen LogP) is 4.32. The Labute approximate surface area is 182 Å². The van der Waals surface area contributed by atoms with E-state index in [4.69, 9.17) is 15.2 Å². The number of nitrogens with two attached hydrogens (primary N) is 1. The highest BCUT2D eigenvalue weighted by atomic mass is 19.3. The number of benzene rings is 2. The number of halogens is 2. The maximum absolute atomic E-state index is 15.5. The second-order valence-corrected chi connectivity index (χ2v) is 7.79. The van der Waals surface area contributed by atoms with Crippen molar-refractivity contribution in [2.75, 3.05) is 6.54 Å². The first-order valence-corrected chi connectivity index (χ1v) is 10.0. The topological polar surface area (TPSA) is 93.5 Å². The van der Waals surface area contributed by atoms with E-state index in [-0.39, 0.29) is 23.8 Å². The zero-order chi connectivity index (χ0) is 22.3. The van der Waals surface area contributed by atoms with E-state index >= 15 is 8.78 Å². The highest BCUT2D eigenvalue weighted by molar-refractivity contribution is 5.74. The average molecular weight is 432 g/mol. The number of rotatable bonds is 2. The average Bonchev–Trinajstić information content (AvgIpc) is 2.82. The van der Waals surface area contributed by atoms with Gasteiger partial charge < -0.3 is 15.2 Å². The molecule has 2 N–H and O–H groups in total. The number of ether oxygens (including phenoxy) is 2. The minimum Gasteiger partial charge on any atom is -0.485 e. The first-order chi connectivity index (χ1) is 15.4. The molecule has 0 amide bonds. The van der Waals surface area contributed by atoms with Crippen molar-refractivity contribution >= 4 is 6.02 Å². The molecule has 160 valence electrons. The first kappa shape index (κ1) is 19.9. The highest BCUT2D eigenvalue weighted by Gasteiger charge is 2.63. The van der Waals surface area contributed by atoms with Crippen molar-refractivity contribution in [2.24, 2.45) is 10.7 Å². The number of aliphatic imine (C=N–C) groups is 1. The van der Waals surface area contributed by atoms with Crippen LogP contribution in [0.25, 0.3) is 11.1 Å². The summed E-state index contributed by atoms with van der Waals surface area (Å²) >= 11 is 0. The monoisotopic (exact) mass is 432 g/mol. The molecule has 5 rings (SSSR count). The molecule has 1 unspecified atom stereocenters. The molecule has 0 fully saturated rings. The van der Waals surface area contributed by atoms with E-state index in [1.165, 1.54) is 6.20 Å². The molecule has 1 spiro atoms. The molecule has 6 nitrogen and oxygen atoms in total. The van der Waals surface area contributed by atoms with Gasteiger partial charge in [0.25, 0.3) is 6.02 Å². The van der Waals surface area contributed by atoms with Crippen molar-refractivity contribution in [2.45, 2.75) is 24.0 Å². The Bertz CT molecular complexity index is 1260. The number of alkyl halides is 2. The van der Waals surface area contributed by atoms with Crippen LogP contribution in [0, 0.1) is 11.3 Å². The third kappa shape index (κ3) is 3.14. The fourth-order valence-corrected chi connectivity index (χ4v) is 4.24. The van der Waals surface area contributed by atoms with Gasteiger partial charge in [-0.2, -0.15) is 14.0 Å². The molecule has 0 bridgehead atoms. The molecule has 2 aliphatic heterocycles. The second-order valence-electron chi connectivity index (χ2n) is 7.79. The summed E-state index contributed by atoms with van der Waals surface area (Å²) in [4.78, 5) is 7.71. The van der Waals surface area contributed by atoms with Gasteiger partial charge in [0.15, 0.2) is 0 Å². The summed E-state index contributed by atoms with van der Waals surface area (Å²) in [5, 5.41) is 9.18. The first-order valence-electron chi connectivity index (χ1n) is 10.0. The molecule has 0 saturated heterocycles. The summed E-state index contributed by atoms with van der Waals surface area (Å²) in [6.45, 7) is -0.782. The summed E-state index contributed by atoms with van der Waals surface area (Å²) in [6, 6.07) is 17.5. The Kier molecular flexibility index (Phi) is 4.55. The molecule has 3 aromatic rings. The van der Waals surface area contributed by atoms with Crippen LogP contribution in [0.5, 0.6) is 5.75 Å². The number of nitrogens with zero attached hydrogens (tertiary/aromatic N) is 3. The number of hydrogen-bond donors (Lipinski definition) is 1. The molecular formula is C24H18F2N4O2. The van der Waals surface area contributed by atoms with Crippen molar-refractivity contribution in [3.05, 3.63) is 83.7 Å². The van der Waals surface area contributed by atoms with E-state index in [1.54, 1.807) is 30.5 Å². The van der Waals surface area contributed by atoms with Crippen molar-refractivity contribution < 1.29 is 18.3 Å². The van der Waals surface area contributed by atoms with Crippen molar-refractivity contribution in [1.82, 2.24) is 4.98 Å². The normalized spacial score (nSPS) is 23.3. The third-order valence-corrected chi connectivity index (χ3v) is 5.83. The van der Waals surface area contributed by atoms with Crippen LogP contribution in [0.15, 0.2) is 72.0 Å². The van der Waals surface area contributed by atoms with Gasteiger partial charge in [-0.1, -0.05) is 36.4 Å². The summed E-state index contributed by atoms with van der Waals surface area (Å²) in [7, 11) is 0. The standard InChI is InChI=1S/C24H18F2N4O2/c25-24(26)14-30-22(28)32-23(24)10-21(16-4-2-1-3-5-16)31-20-7-6-17(9-19(20)23)18-8-15(11-27)12-29-13-18/h1-9,12-13,21H,10,14H2,(H2,28,30)/t21?,23-/m1/s1. The van der Waals surface area contributed by atoms with Gasteiger partial charge in [0.05, 0.1) is 5.56 Å². The maximum atomic E-state index is 15.5. The van der Waals surface area contributed by atoms with Crippen LogP contribution in [0.3, 0.4) is 0 Å². The van der Waals surface area contributed by atoms with Crippen LogP contribution in [0.4, 0.5) is 8.78 Å². The Morgan fingerprint density at radius 2 is 1.88 bits per heavy atom. The van der Waals surface area contributed by atoms with Gasteiger partial charge in [0.2, 0.25) is 5.60 Å². The lowest BCUT2D eigenvalue weighted by atomic mass is 9.77. The van der Waals surface area contributed by atoms with E-state index in [9.17, 15) is 5.26 Å². The molecule has 8 heteroatoms. The van der Waals surface area contributed by atoms with E-state index in [0.29, 0.717) is 16.7 Å². The number of hydrogen-bond acceptors (Lipinski definition) is 6. The van der Waals surface area contributed by atoms with Gasteiger partial charge in [0, 0.05) is 29.9 Å². The lowest BCUT2D eigenvalue weighted by Gasteiger charge is -2.47. The Hall–Kier alpha value is -3.99. The molecule has 2 aliphatic rings. The zero-order valence-electron chi connectivity index (χ0n) is 16.8. The van der Waals surface area contributed by atoms with Gasteiger partial charge in [-0.3, -0.25) is 4.98 Å². The largest absolute Gasteiger partial charge is 0.485 e. The Morgan fingerprint density at radius 1 is 1.06 bits per heavy atom. The van der Waals surface area contributed by atoms with Crippen LogP contribution in [0.2, 0.25) is 0 Å². The molecule has 2 aromatic carbocycles. The number of aromatic nitrogens is 1. The summed E-state index contributed by atoms with van der Waals surface area (Å²) in [5.41, 5.74) is 6.28. The quantitative estimate of drug-likeness (QED) is 0.651. The second kappa shape index (κ2) is 7.31. The lowest BCUT2D eigenvalue weighted by molar-refractivity contribution is -0.202. The van der Waals surface area contributed by atoms with Crippen LogP contribution < -0.4 is 10.5 Å². The van der Waals surface area contributed by atoms with Crippen LogP contribution in [0.1, 0.15) is 29.2 Å². The van der Waals surface area contributed by atoms with Crippen molar-refractivity contribution in [1.29, 1.82) is 5.26 Å². The number of amidine groups is 1. The van der Waals surface area contributed by atoms with Gasteiger partial charge in [-0.15, -0.1) is 0 Å². The fraction of sp³-hybridized carbons (Fsp3) is 0.208. The number of fused-ring (bicyclic) bond motifs is 2. The molecule has 3 heterocycles. The van der Waals surface area contributed by atoms with Gasteiger partial charge >= 0.3 is 5.92 Å². The van der Waals surface area contributed by atoms with E-state index in [2.05, 4.69) is 9.98 Å². The molecule has 32 heavy (non-hydrogen) atoms. The van der Waals surface area contributed by atoms with Crippen molar-refractivity contribution in [3.63, 3.8) is 0 Å². The zero-order valence-corrected chi connectivity index (χ0v) is 16.8. The molecule has 1 aromatic heterocycles. The predicted molar refractivity (Wildman–Crippen MR) is 113 cm³/mol. The SMILES string of the molecule is N#Cc1cncc(-c2ccc3c(c2)[C@@]2(CC(c4ccccc4)O3)OC(N)=NCC2(F)F)c1. The van der Waals surface area contributed by atoms with E-state index in [0.717, 1.165) is 5.56 Å². The molecule has 2 atom stereocenters. The van der Waals surface area contributed by atoms with Gasteiger partial charge in [0.1, 0.15) is 24.5 Å². The number of nitriles is 1.